The van der Waals surface area contributed by atoms with Gasteiger partial charge in [-0.3, -0.25) is 9.97 Å². The lowest BCUT2D eigenvalue weighted by Gasteiger charge is -2.24. The molecular formula is C29H32N2O4S. The molecule has 1 unspecified atom stereocenters. The van der Waals surface area contributed by atoms with Crippen LogP contribution in [0.2, 0.25) is 0 Å². The van der Waals surface area contributed by atoms with E-state index in [0.717, 1.165) is 27.6 Å². The highest BCUT2D eigenvalue weighted by atomic mass is 32.2. The number of sulfone groups is 1. The van der Waals surface area contributed by atoms with Crippen molar-refractivity contribution in [2.45, 2.75) is 50.9 Å². The maximum Gasteiger partial charge on any atom is 0.150 e. The summed E-state index contributed by atoms with van der Waals surface area (Å²) in [4.78, 5) is 9.03. The molecule has 0 saturated heterocycles. The Kier molecular flexibility index (Phi) is 7.43. The van der Waals surface area contributed by atoms with Gasteiger partial charge in [0.05, 0.1) is 22.7 Å². The third kappa shape index (κ3) is 5.58. The van der Waals surface area contributed by atoms with Gasteiger partial charge in [0.1, 0.15) is 26.9 Å². The Hall–Kier alpha value is -3.29. The lowest BCUT2D eigenvalue weighted by atomic mass is 9.93. The zero-order chi connectivity index (χ0) is 25.9. The van der Waals surface area contributed by atoms with Crippen molar-refractivity contribution in [2.75, 3.05) is 6.26 Å². The number of pyridine rings is 2. The number of aliphatic hydroxyl groups is 1. The Bertz CT molecular complexity index is 1460. The van der Waals surface area contributed by atoms with Crippen LogP contribution in [0.3, 0.4) is 0 Å². The monoisotopic (exact) mass is 504 g/mol. The fraction of sp³-hybridized carbons (Fsp3) is 0.310. The quantitative estimate of drug-likeness (QED) is 0.297. The predicted octanol–water partition coefficient (Wildman–Crippen LogP) is 6.07. The van der Waals surface area contributed by atoms with Crippen molar-refractivity contribution in [1.29, 1.82) is 0 Å². The van der Waals surface area contributed by atoms with Gasteiger partial charge in [-0.25, -0.2) is 8.42 Å². The van der Waals surface area contributed by atoms with E-state index in [-0.39, 0.29) is 0 Å². The normalized spacial score (nSPS) is 13.0. The number of hydrogen-bond acceptors (Lipinski definition) is 6. The lowest BCUT2D eigenvalue weighted by molar-refractivity contribution is 0.0239. The molecule has 188 valence electrons. The first-order valence-corrected chi connectivity index (χ1v) is 14.1. The molecule has 4 aromatic rings. The molecule has 0 fully saturated rings. The molecule has 2 aromatic heterocycles. The van der Waals surface area contributed by atoms with Gasteiger partial charge in [-0.1, -0.05) is 32.0 Å². The summed E-state index contributed by atoms with van der Waals surface area (Å²) in [6.45, 7) is 5.62. The molecule has 1 atom stereocenters. The molecule has 7 heteroatoms. The standard InChI is InChI=1S/C29H32N2O4S/c1-5-29(32,6-2)27-13-12-25(19-31-27)35-24-11-7-9-22(18-24)26-17-21(15-20(3)36(4,33)34)16-23-10-8-14-30-28(23)26/h7-14,16-20,32H,5-6,15H2,1-4H3. The summed E-state index contributed by atoms with van der Waals surface area (Å²) in [5, 5.41) is 11.2. The molecule has 1 N–H and O–H groups in total. The molecule has 0 aliphatic rings. The average molecular weight is 505 g/mol. The van der Waals surface area contributed by atoms with Crippen molar-refractivity contribution in [3.8, 4) is 22.6 Å². The van der Waals surface area contributed by atoms with E-state index in [1.165, 1.54) is 6.26 Å². The summed E-state index contributed by atoms with van der Waals surface area (Å²) >= 11 is 0. The zero-order valence-electron chi connectivity index (χ0n) is 21.1. The van der Waals surface area contributed by atoms with Crippen LogP contribution in [0.15, 0.2) is 73.1 Å². The van der Waals surface area contributed by atoms with Gasteiger partial charge < -0.3 is 9.84 Å². The summed E-state index contributed by atoms with van der Waals surface area (Å²) < 4.78 is 30.2. The Morgan fingerprint density at radius 2 is 1.75 bits per heavy atom. The fourth-order valence-corrected chi connectivity index (χ4v) is 4.76. The average Bonchev–Trinajstić information content (AvgIpc) is 2.88. The highest BCUT2D eigenvalue weighted by Gasteiger charge is 2.26. The van der Waals surface area contributed by atoms with Gasteiger partial charge in [-0.05, 0) is 79.8 Å². The molecule has 0 aliphatic carbocycles. The minimum Gasteiger partial charge on any atom is -0.456 e. The lowest BCUT2D eigenvalue weighted by Crippen LogP contribution is -2.24. The first kappa shape index (κ1) is 25.8. The first-order valence-electron chi connectivity index (χ1n) is 12.2. The van der Waals surface area contributed by atoms with E-state index < -0.39 is 20.7 Å². The van der Waals surface area contributed by atoms with E-state index in [0.29, 0.717) is 36.5 Å². The second kappa shape index (κ2) is 10.4. The van der Waals surface area contributed by atoms with Gasteiger partial charge >= 0.3 is 0 Å². The Balaban J connectivity index is 1.67. The minimum absolute atomic E-state index is 0.423. The number of rotatable bonds is 9. The highest BCUT2D eigenvalue weighted by molar-refractivity contribution is 7.91. The summed E-state index contributed by atoms with van der Waals surface area (Å²) in [6.07, 6.45) is 6.25. The van der Waals surface area contributed by atoms with Gasteiger partial charge in [0, 0.05) is 23.4 Å². The highest BCUT2D eigenvalue weighted by Crippen LogP contribution is 2.33. The van der Waals surface area contributed by atoms with Crippen molar-refractivity contribution in [2.24, 2.45) is 0 Å². The van der Waals surface area contributed by atoms with Crippen LogP contribution in [0.5, 0.6) is 11.5 Å². The second-order valence-electron chi connectivity index (χ2n) is 9.31. The van der Waals surface area contributed by atoms with E-state index in [1.807, 2.05) is 68.4 Å². The number of benzene rings is 2. The Labute approximate surface area is 212 Å². The van der Waals surface area contributed by atoms with E-state index in [4.69, 9.17) is 4.74 Å². The maximum atomic E-state index is 12.0. The van der Waals surface area contributed by atoms with Crippen LogP contribution in [0.4, 0.5) is 0 Å². The van der Waals surface area contributed by atoms with Crippen LogP contribution in [-0.4, -0.2) is 35.0 Å². The van der Waals surface area contributed by atoms with Crippen molar-refractivity contribution in [3.05, 3.63) is 84.3 Å². The molecule has 36 heavy (non-hydrogen) atoms. The number of ether oxygens (including phenoxy) is 1. The van der Waals surface area contributed by atoms with Crippen LogP contribution in [0.1, 0.15) is 44.9 Å². The van der Waals surface area contributed by atoms with Crippen LogP contribution in [-0.2, 0) is 21.9 Å². The van der Waals surface area contributed by atoms with E-state index in [1.54, 1.807) is 25.4 Å². The van der Waals surface area contributed by atoms with Crippen LogP contribution < -0.4 is 4.74 Å². The Morgan fingerprint density at radius 1 is 0.972 bits per heavy atom. The third-order valence-electron chi connectivity index (χ3n) is 6.78. The van der Waals surface area contributed by atoms with Crippen LogP contribution in [0.25, 0.3) is 22.0 Å². The largest absolute Gasteiger partial charge is 0.456 e. The molecular weight excluding hydrogens is 472 g/mol. The SMILES string of the molecule is CCC(O)(CC)c1ccc(Oc2cccc(-c3cc(CC(C)S(C)(=O)=O)cc4cccnc34)c2)cn1. The van der Waals surface area contributed by atoms with Crippen LogP contribution in [0, 0.1) is 0 Å². The van der Waals surface area contributed by atoms with Crippen LogP contribution >= 0.6 is 0 Å². The first-order chi connectivity index (χ1) is 17.1. The summed E-state index contributed by atoms with van der Waals surface area (Å²) in [7, 11) is -3.15. The summed E-state index contributed by atoms with van der Waals surface area (Å²) in [5.74, 6) is 1.21. The molecule has 0 bridgehead atoms. The summed E-state index contributed by atoms with van der Waals surface area (Å²) in [5.41, 5.74) is 3.31. The van der Waals surface area contributed by atoms with E-state index in [2.05, 4.69) is 9.97 Å². The minimum atomic E-state index is -3.15. The van der Waals surface area contributed by atoms with Gasteiger partial charge in [0.15, 0.2) is 0 Å². The van der Waals surface area contributed by atoms with E-state index in [9.17, 15) is 13.5 Å². The smallest absolute Gasteiger partial charge is 0.150 e. The molecule has 0 saturated carbocycles. The van der Waals surface area contributed by atoms with Gasteiger partial charge in [-0.2, -0.15) is 0 Å². The molecule has 0 radical (unpaired) electrons. The van der Waals surface area contributed by atoms with Crippen molar-refractivity contribution in [1.82, 2.24) is 9.97 Å². The molecule has 4 rings (SSSR count). The molecule has 0 aliphatic heterocycles. The fourth-order valence-electron chi connectivity index (χ4n) is 4.27. The van der Waals surface area contributed by atoms with Gasteiger partial charge in [0.25, 0.3) is 0 Å². The molecule has 6 nitrogen and oxygen atoms in total. The van der Waals surface area contributed by atoms with E-state index >= 15 is 0 Å². The third-order valence-corrected chi connectivity index (χ3v) is 8.41. The number of nitrogens with zero attached hydrogens (tertiary/aromatic N) is 2. The topological polar surface area (TPSA) is 89.4 Å². The molecule has 2 heterocycles. The number of hydrogen-bond donors (Lipinski definition) is 1. The van der Waals surface area contributed by atoms with Gasteiger partial charge in [0.2, 0.25) is 0 Å². The van der Waals surface area contributed by atoms with Crippen molar-refractivity contribution in [3.63, 3.8) is 0 Å². The second-order valence-corrected chi connectivity index (χ2v) is 11.8. The zero-order valence-corrected chi connectivity index (χ0v) is 21.9. The number of fused-ring (bicyclic) bond motifs is 1. The molecule has 0 spiro atoms. The molecule has 0 amide bonds. The number of aromatic nitrogens is 2. The predicted molar refractivity (Wildman–Crippen MR) is 144 cm³/mol. The Morgan fingerprint density at radius 3 is 2.42 bits per heavy atom. The van der Waals surface area contributed by atoms with Gasteiger partial charge in [-0.15, -0.1) is 0 Å². The van der Waals surface area contributed by atoms with Crippen molar-refractivity contribution < 1.29 is 18.3 Å². The molecule has 2 aromatic carbocycles. The maximum absolute atomic E-state index is 12.0. The summed E-state index contributed by atoms with van der Waals surface area (Å²) in [6, 6.07) is 19.2. The van der Waals surface area contributed by atoms with Crippen molar-refractivity contribution >= 4 is 20.7 Å².